The van der Waals surface area contributed by atoms with Gasteiger partial charge in [-0.2, -0.15) is 8.42 Å². The van der Waals surface area contributed by atoms with Crippen LogP contribution in [0.2, 0.25) is 0 Å². The molecule has 1 rings (SSSR count). The van der Waals surface area contributed by atoms with Crippen molar-refractivity contribution in [2.45, 2.75) is 6.92 Å². The van der Waals surface area contributed by atoms with E-state index in [-0.39, 0.29) is 35.1 Å². The SMILES string of the molecule is CC(=CC(=Cc1ccccc1)S(=O)(=O)O)C(=O)O.[NaH]. The first-order valence-electron chi connectivity index (χ1n) is 4.96. The Morgan fingerprint density at radius 2 is 1.74 bits per heavy atom. The van der Waals surface area contributed by atoms with E-state index in [1.165, 1.54) is 13.0 Å². The van der Waals surface area contributed by atoms with Crippen LogP contribution in [0.3, 0.4) is 0 Å². The predicted molar refractivity (Wildman–Crippen MR) is 74.5 cm³/mol. The van der Waals surface area contributed by atoms with Gasteiger partial charge in [-0.1, -0.05) is 30.3 Å². The minimum absolute atomic E-state index is 0. The molecule has 0 spiro atoms. The molecule has 0 aromatic heterocycles. The second kappa shape index (κ2) is 7.62. The number of benzene rings is 1. The van der Waals surface area contributed by atoms with Crippen LogP contribution in [0.25, 0.3) is 6.08 Å². The van der Waals surface area contributed by atoms with Gasteiger partial charge < -0.3 is 5.11 Å². The molecule has 0 aliphatic carbocycles. The van der Waals surface area contributed by atoms with Crippen LogP contribution in [-0.2, 0) is 14.9 Å². The van der Waals surface area contributed by atoms with Crippen LogP contribution < -0.4 is 0 Å². The first-order valence-corrected chi connectivity index (χ1v) is 6.40. The summed E-state index contributed by atoms with van der Waals surface area (Å²) in [5, 5.41) is 8.69. The van der Waals surface area contributed by atoms with E-state index >= 15 is 0 Å². The van der Waals surface area contributed by atoms with Gasteiger partial charge in [0.2, 0.25) is 0 Å². The van der Waals surface area contributed by atoms with Crippen LogP contribution >= 0.6 is 0 Å². The van der Waals surface area contributed by atoms with E-state index in [4.69, 9.17) is 9.66 Å². The summed E-state index contributed by atoms with van der Waals surface area (Å²) >= 11 is 0. The summed E-state index contributed by atoms with van der Waals surface area (Å²) < 4.78 is 31.3. The van der Waals surface area contributed by atoms with Crippen LogP contribution in [0, 0.1) is 0 Å². The van der Waals surface area contributed by atoms with Gasteiger partial charge in [-0.15, -0.1) is 0 Å². The average molecular weight is 292 g/mol. The van der Waals surface area contributed by atoms with Gasteiger partial charge in [0.15, 0.2) is 0 Å². The molecule has 0 aliphatic rings. The number of hydrogen-bond acceptors (Lipinski definition) is 3. The van der Waals surface area contributed by atoms with Gasteiger partial charge in [-0.05, 0) is 24.6 Å². The van der Waals surface area contributed by atoms with E-state index in [1.54, 1.807) is 30.3 Å². The van der Waals surface area contributed by atoms with Crippen molar-refractivity contribution >= 4 is 51.7 Å². The molecule has 1 aromatic rings. The third-order valence-electron chi connectivity index (χ3n) is 2.10. The van der Waals surface area contributed by atoms with Crippen LogP contribution in [0.5, 0.6) is 0 Å². The first-order chi connectivity index (χ1) is 8.30. The van der Waals surface area contributed by atoms with Crippen molar-refractivity contribution in [2.75, 3.05) is 0 Å². The van der Waals surface area contributed by atoms with E-state index in [0.29, 0.717) is 5.56 Å². The van der Waals surface area contributed by atoms with Gasteiger partial charge in [0.05, 0.1) is 4.91 Å². The number of hydrogen-bond donors (Lipinski definition) is 2. The van der Waals surface area contributed by atoms with Crippen molar-refractivity contribution < 1.29 is 22.9 Å². The number of aliphatic carboxylic acids is 1. The van der Waals surface area contributed by atoms with Gasteiger partial charge in [0.25, 0.3) is 10.1 Å². The van der Waals surface area contributed by atoms with E-state index in [9.17, 15) is 13.2 Å². The molecule has 98 valence electrons. The van der Waals surface area contributed by atoms with E-state index in [1.807, 2.05) is 0 Å². The molecule has 0 fully saturated rings. The number of rotatable bonds is 4. The molecule has 1 aromatic carbocycles. The maximum absolute atomic E-state index is 11.1. The molecular formula is C12H13NaO5S. The summed E-state index contributed by atoms with van der Waals surface area (Å²) in [6.07, 6.45) is 2.10. The molecule has 0 saturated heterocycles. The Bertz CT molecular complexity index is 602. The van der Waals surface area contributed by atoms with Crippen LogP contribution in [0.15, 0.2) is 46.9 Å². The molecule has 7 heteroatoms. The maximum atomic E-state index is 11.1. The Labute approximate surface area is 133 Å². The first kappa shape index (κ1) is 18.1. The molecule has 2 N–H and O–H groups in total. The van der Waals surface area contributed by atoms with Crippen molar-refractivity contribution in [3.8, 4) is 0 Å². The molecule has 0 radical (unpaired) electrons. The Hall–Kier alpha value is -0.920. The summed E-state index contributed by atoms with van der Waals surface area (Å²) in [6.45, 7) is 1.24. The summed E-state index contributed by atoms with van der Waals surface area (Å²) in [5.74, 6) is -1.25. The monoisotopic (exact) mass is 292 g/mol. The fourth-order valence-corrected chi connectivity index (χ4v) is 1.79. The van der Waals surface area contributed by atoms with Gasteiger partial charge in [-0.25, -0.2) is 4.79 Å². The molecule has 0 unspecified atom stereocenters. The number of allylic oxidation sites excluding steroid dienone is 1. The zero-order valence-electron chi connectivity index (χ0n) is 9.57. The van der Waals surface area contributed by atoms with Gasteiger partial charge >= 0.3 is 35.5 Å². The molecule has 0 atom stereocenters. The summed E-state index contributed by atoms with van der Waals surface area (Å²) in [7, 11) is -4.47. The van der Waals surface area contributed by atoms with Crippen molar-refractivity contribution in [1.82, 2.24) is 0 Å². The number of carboxylic acid groups (broad SMARTS) is 1. The minimum atomic E-state index is -4.47. The molecule has 0 heterocycles. The van der Waals surface area contributed by atoms with Crippen molar-refractivity contribution in [1.29, 1.82) is 0 Å². The van der Waals surface area contributed by atoms with Crippen LogP contribution in [0.1, 0.15) is 12.5 Å². The third kappa shape index (κ3) is 6.17. The number of carboxylic acids is 1. The normalized spacial score (nSPS) is 12.7. The van der Waals surface area contributed by atoms with Crippen molar-refractivity contribution in [2.24, 2.45) is 0 Å². The summed E-state index contributed by atoms with van der Waals surface area (Å²) in [4.78, 5) is 10.2. The third-order valence-corrected chi connectivity index (χ3v) is 2.93. The topological polar surface area (TPSA) is 91.7 Å². The van der Waals surface area contributed by atoms with Crippen molar-refractivity contribution in [3.05, 3.63) is 52.4 Å². The second-order valence-electron chi connectivity index (χ2n) is 3.56. The molecule has 0 aliphatic heterocycles. The predicted octanol–water partition coefficient (Wildman–Crippen LogP) is 1.30. The summed E-state index contributed by atoms with van der Waals surface area (Å²) in [5.41, 5.74) is 0.356. The Kier molecular flexibility index (Phi) is 7.25. The Balaban J connectivity index is 0.00000324. The van der Waals surface area contributed by atoms with Crippen LogP contribution in [0.4, 0.5) is 0 Å². The Morgan fingerprint density at radius 1 is 1.21 bits per heavy atom. The quantitative estimate of drug-likeness (QED) is 0.378. The summed E-state index contributed by atoms with van der Waals surface area (Å²) in [6, 6.07) is 8.41. The van der Waals surface area contributed by atoms with E-state index in [0.717, 1.165) is 6.08 Å². The standard InChI is InChI=1S/C12H12O5S.Na.H/c1-9(12(13)14)7-11(18(15,16)17)8-10-5-3-2-4-6-10;;/h2-8H,1H3,(H,13,14)(H,15,16,17);;. The second-order valence-corrected chi connectivity index (χ2v) is 4.99. The van der Waals surface area contributed by atoms with Gasteiger partial charge in [-0.3, -0.25) is 4.55 Å². The zero-order valence-corrected chi connectivity index (χ0v) is 10.4. The molecule has 5 nitrogen and oxygen atoms in total. The Morgan fingerprint density at radius 3 is 2.16 bits per heavy atom. The molecule has 0 saturated carbocycles. The molecule has 0 bridgehead atoms. The van der Waals surface area contributed by atoms with E-state index in [2.05, 4.69) is 0 Å². The average Bonchev–Trinajstić information content (AvgIpc) is 2.28. The van der Waals surface area contributed by atoms with Crippen molar-refractivity contribution in [3.63, 3.8) is 0 Å². The zero-order chi connectivity index (χ0) is 13.8. The molecule has 0 amide bonds. The fourth-order valence-electron chi connectivity index (χ4n) is 1.18. The fraction of sp³-hybridized carbons (Fsp3) is 0.0833. The molecular weight excluding hydrogens is 279 g/mol. The number of carbonyl (C=O) groups is 1. The molecule has 19 heavy (non-hydrogen) atoms. The van der Waals surface area contributed by atoms with E-state index < -0.39 is 21.0 Å². The van der Waals surface area contributed by atoms with Crippen LogP contribution in [-0.4, -0.2) is 53.6 Å². The van der Waals surface area contributed by atoms with Gasteiger partial charge in [0, 0.05) is 5.57 Å². The van der Waals surface area contributed by atoms with Gasteiger partial charge in [0.1, 0.15) is 0 Å².